The summed E-state index contributed by atoms with van der Waals surface area (Å²) in [6.07, 6.45) is -10.0. The first kappa shape index (κ1) is 25.9. The summed E-state index contributed by atoms with van der Waals surface area (Å²) in [6.45, 7) is 0.668. The zero-order valence-corrected chi connectivity index (χ0v) is 18.6. The van der Waals surface area contributed by atoms with Gasteiger partial charge in [0.15, 0.2) is 0 Å². The number of urea groups is 1. The Morgan fingerprint density at radius 2 is 1.59 bits per heavy atom. The third-order valence-electron chi connectivity index (χ3n) is 5.35. The van der Waals surface area contributed by atoms with Gasteiger partial charge in [0.1, 0.15) is 22.3 Å². The molecule has 1 N–H and O–H groups in total. The molecule has 1 fully saturated rings. The molecule has 1 aliphatic rings. The van der Waals surface area contributed by atoms with Crippen LogP contribution in [0.5, 0.6) is 0 Å². The highest BCUT2D eigenvalue weighted by Gasteiger charge is 2.46. The van der Waals surface area contributed by atoms with Crippen molar-refractivity contribution in [1.29, 1.82) is 0 Å². The van der Waals surface area contributed by atoms with E-state index in [9.17, 15) is 39.7 Å². The van der Waals surface area contributed by atoms with E-state index in [1.54, 1.807) is 0 Å². The standard InChI is InChI=1S/C21H19F7N2O3S/c1-12(13-7-15(20(23,24)25)9-16(8-13)21(26,27)28)33-11-19(14-3-5-17(22)6-4-14)10-30(34(2)32)18(31)29-19/h3-9,12H,10-11H2,1-2H3,(H,29,31)/t12-,19-,34?/m1/s1. The van der Waals surface area contributed by atoms with Gasteiger partial charge in [-0.3, -0.25) is 0 Å². The van der Waals surface area contributed by atoms with E-state index in [0.717, 1.165) is 16.4 Å². The Hall–Kier alpha value is -2.67. The molecule has 0 radical (unpaired) electrons. The molecule has 5 nitrogen and oxygen atoms in total. The van der Waals surface area contributed by atoms with Crippen molar-refractivity contribution < 1.29 is 44.5 Å². The lowest BCUT2D eigenvalue weighted by Crippen LogP contribution is -2.45. The van der Waals surface area contributed by atoms with Gasteiger partial charge in [-0.1, -0.05) is 12.1 Å². The number of carbonyl (C=O) groups excluding carboxylic acids is 1. The van der Waals surface area contributed by atoms with Gasteiger partial charge < -0.3 is 10.1 Å². The first-order valence-corrected chi connectivity index (χ1v) is 11.2. The predicted octanol–water partition coefficient (Wildman–Crippen LogP) is 5.16. The highest BCUT2D eigenvalue weighted by atomic mass is 32.2. The Balaban J connectivity index is 1.94. The molecular weight excluding hydrogens is 493 g/mol. The van der Waals surface area contributed by atoms with Gasteiger partial charge in [0.2, 0.25) is 0 Å². The van der Waals surface area contributed by atoms with Gasteiger partial charge in [0.05, 0.1) is 30.4 Å². The molecule has 2 aromatic rings. The SMILES string of the molecule is C[C@@H](OC[C@@]1(c2ccc(F)cc2)CN(S(C)=O)C(=O)N1)c1cc(C(F)(F)F)cc(C(F)(F)F)c1. The van der Waals surface area contributed by atoms with E-state index in [4.69, 9.17) is 4.74 Å². The topological polar surface area (TPSA) is 58.6 Å². The average molecular weight is 512 g/mol. The largest absolute Gasteiger partial charge is 0.416 e. The molecule has 3 rings (SSSR count). The summed E-state index contributed by atoms with van der Waals surface area (Å²) < 4.78 is 111. The van der Waals surface area contributed by atoms with Crippen molar-refractivity contribution in [2.24, 2.45) is 0 Å². The summed E-state index contributed by atoms with van der Waals surface area (Å²) >= 11 is 0. The molecule has 1 unspecified atom stereocenters. The Morgan fingerprint density at radius 3 is 2.03 bits per heavy atom. The lowest BCUT2D eigenvalue weighted by Gasteiger charge is -2.30. The van der Waals surface area contributed by atoms with Crippen LogP contribution in [0, 0.1) is 5.82 Å². The smallest absolute Gasteiger partial charge is 0.371 e. The molecule has 0 spiro atoms. The van der Waals surface area contributed by atoms with Gasteiger partial charge in [0, 0.05) is 6.26 Å². The van der Waals surface area contributed by atoms with Crippen molar-refractivity contribution in [3.8, 4) is 0 Å². The van der Waals surface area contributed by atoms with E-state index in [1.807, 2.05) is 0 Å². The monoisotopic (exact) mass is 512 g/mol. The first-order valence-electron chi connectivity index (χ1n) is 9.73. The molecule has 2 aromatic carbocycles. The Morgan fingerprint density at radius 1 is 1.06 bits per heavy atom. The number of rotatable bonds is 6. The number of nitrogens with one attached hydrogen (secondary N) is 1. The van der Waals surface area contributed by atoms with Crippen LogP contribution >= 0.6 is 0 Å². The fraction of sp³-hybridized carbons (Fsp3) is 0.381. The minimum atomic E-state index is -5.02. The van der Waals surface area contributed by atoms with Crippen molar-refractivity contribution in [3.05, 3.63) is 70.5 Å². The van der Waals surface area contributed by atoms with Crippen molar-refractivity contribution in [1.82, 2.24) is 9.62 Å². The lowest BCUT2D eigenvalue weighted by atomic mass is 9.91. The maximum absolute atomic E-state index is 13.4. The second-order valence-corrected chi connectivity index (χ2v) is 9.06. The molecular formula is C21H19F7N2O3S. The molecule has 0 bridgehead atoms. The van der Waals surface area contributed by atoms with Crippen LogP contribution in [0.3, 0.4) is 0 Å². The Bertz CT molecular complexity index is 1060. The third-order valence-corrected chi connectivity index (χ3v) is 6.27. The predicted molar refractivity (Wildman–Crippen MR) is 108 cm³/mol. The second kappa shape index (κ2) is 9.17. The van der Waals surface area contributed by atoms with Crippen LogP contribution in [0.2, 0.25) is 0 Å². The molecule has 1 saturated heterocycles. The Labute approximate surface area is 192 Å². The van der Waals surface area contributed by atoms with Crippen LogP contribution in [0.4, 0.5) is 35.5 Å². The van der Waals surface area contributed by atoms with Crippen molar-refractivity contribution in [2.45, 2.75) is 30.9 Å². The van der Waals surface area contributed by atoms with Crippen molar-refractivity contribution in [3.63, 3.8) is 0 Å². The summed E-state index contributed by atoms with van der Waals surface area (Å²) in [5.41, 5.74) is -4.37. The second-order valence-electron chi connectivity index (χ2n) is 7.77. The van der Waals surface area contributed by atoms with E-state index >= 15 is 0 Å². The zero-order valence-electron chi connectivity index (χ0n) is 17.8. The first-order chi connectivity index (χ1) is 15.6. The summed E-state index contributed by atoms with van der Waals surface area (Å²) in [4.78, 5) is 12.3. The number of hydrogen-bond acceptors (Lipinski definition) is 3. The van der Waals surface area contributed by atoms with Crippen LogP contribution in [-0.4, -0.2) is 34.0 Å². The molecule has 13 heteroatoms. The van der Waals surface area contributed by atoms with E-state index in [1.165, 1.54) is 25.3 Å². The summed E-state index contributed by atoms with van der Waals surface area (Å²) in [5, 5.41) is 2.60. The number of nitrogens with zero attached hydrogens (tertiary/aromatic N) is 1. The number of benzene rings is 2. The van der Waals surface area contributed by atoms with Crippen LogP contribution < -0.4 is 5.32 Å². The normalized spacial score (nSPS) is 20.9. The van der Waals surface area contributed by atoms with Crippen LogP contribution in [0.15, 0.2) is 42.5 Å². The molecule has 1 heterocycles. The number of carbonyl (C=O) groups is 1. The zero-order chi connectivity index (χ0) is 25.5. The molecule has 0 aromatic heterocycles. The quantitative estimate of drug-likeness (QED) is 0.545. The minimum absolute atomic E-state index is 0.0157. The van der Waals surface area contributed by atoms with Crippen LogP contribution in [0.25, 0.3) is 0 Å². The van der Waals surface area contributed by atoms with Crippen molar-refractivity contribution >= 4 is 17.0 Å². The Kier molecular flexibility index (Phi) is 7.00. The molecule has 0 saturated carbocycles. The van der Waals surface area contributed by atoms with E-state index in [-0.39, 0.29) is 18.2 Å². The van der Waals surface area contributed by atoms with Crippen molar-refractivity contribution in [2.75, 3.05) is 19.4 Å². The number of halogens is 7. The maximum Gasteiger partial charge on any atom is 0.416 e. The fourth-order valence-corrected chi connectivity index (χ4v) is 4.19. The van der Waals surface area contributed by atoms with Gasteiger partial charge >= 0.3 is 18.4 Å². The molecule has 1 aliphatic heterocycles. The van der Waals surface area contributed by atoms with Gasteiger partial charge in [-0.05, 0) is 48.4 Å². The van der Waals surface area contributed by atoms with Gasteiger partial charge in [-0.25, -0.2) is 17.7 Å². The van der Waals surface area contributed by atoms with E-state index in [0.29, 0.717) is 17.7 Å². The maximum atomic E-state index is 13.4. The number of alkyl halides is 6. The summed E-state index contributed by atoms with van der Waals surface area (Å²) in [7, 11) is -1.73. The van der Waals surface area contributed by atoms with Gasteiger partial charge in [0.25, 0.3) is 0 Å². The minimum Gasteiger partial charge on any atom is -0.371 e. The number of amides is 2. The van der Waals surface area contributed by atoms with Gasteiger partial charge in [-0.2, -0.15) is 26.3 Å². The van der Waals surface area contributed by atoms with Crippen LogP contribution in [0.1, 0.15) is 35.3 Å². The average Bonchev–Trinajstić information content (AvgIpc) is 3.08. The van der Waals surface area contributed by atoms with Gasteiger partial charge in [-0.15, -0.1) is 0 Å². The third kappa shape index (κ3) is 5.52. The fourth-order valence-electron chi connectivity index (χ4n) is 3.51. The molecule has 186 valence electrons. The lowest BCUT2D eigenvalue weighted by molar-refractivity contribution is -0.143. The molecule has 34 heavy (non-hydrogen) atoms. The summed E-state index contributed by atoms with van der Waals surface area (Å²) in [5.74, 6) is -0.572. The van der Waals surface area contributed by atoms with E-state index < -0.39 is 64.6 Å². The highest BCUT2D eigenvalue weighted by Crippen LogP contribution is 2.38. The summed E-state index contributed by atoms with van der Waals surface area (Å²) in [6, 6.07) is 5.33. The van der Waals surface area contributed by atoms with E-state index in [2.05, 4.69) is 5.32 Å². The molecule has 0 aliphatic carbocycles. The van der Waals surface area contributed by atoms with Crippen LogP contribution in [-0.2, 0) is 33.6 Å². The number of ether oxygens (including phenoxy) is 1. The molecule has 2 amide bonds. The number of hydrogen-bond donors (Lipinski definition) is 1. The highest BCUT2D eigenvalue weighted by molar-refractivity contribution is 7.82. The molecule has 3 atom stereocenters.